The maximum Gasteiger partial charge on any atom is 0.462 e. The predicted octanol–water partition coefficient (Wildman–Crippen LogP) is 4.58. The summed E-state index contributed by atoms with van der Waals surface area (Å²) in [6.45, 7) is 8.21. The molecule has 0 aliphatic carbocycles. The molecule has 0 bridgehead atoms. The number of hydrogen-bond acceptors (Lipinski definition) is 4. The van der Waals surface area contributed by atoms with Crippen molar-refractivity contribution >= 4 is 18.7 Å². The number of halogens is 1. The lowest BCUT2D eigenvalue weighted by atomic mass is 9.81. The van der Waals surface area contributed by atoms with Crippen molar-refractivity contribution in [2.75, 3.05) is 7.11 Å². The fourth-order valence-electron chi connectivity index (χ4n) is 2.87. The highest BCUT2D eigenvalue weighted by Gasteiger charge is 2.50. The summed E-state index contributed by atoms with van der Waals surface area (Å²) in [5.74, 6) is 0.569. The van der Waals surface area contributed by atoms with Gasteiger partial charge in [-0.25, -0.2) is 4.98 Å². The highest BCUT2D eigenvalue weighted by Crippen LogP contribution is 2.38. The summed E-state index contributed by atoms with van der Waals surface area (Å²) in [5.41, 5.74) is 2.21. The van der Waals surface area contributed by atoms with Gasteiger partial charge in [-0.2, -0.15) is 0 Å². The molecule has 132 valence electrons. The summed E-state index contributed by atoms with van der Waals surface area (Å²) in [5, 5.41) is 0.677. The van der Waals surface area contributed by atoms with Crippen LogP contribution in [0.2, 0.25) is 5.02 Å². The molecule has 0 saturated carbocycles. The van der Waals surface area contributed by atoms with Crippen LogP contribution in [-0.4, -0.2) is 30.4 Å². The first-order chi connectivity index (χ1) is 11.7. The maximum absolute atomic E-state index is 6.13. The third kappa shape index (κ3) is 3.69. The van der Waals surface area contributed by atoms with E-state index in [1.54, 1.807) is 13.3 Å². The Morgan fingerprint density at radius 1 is 1.12 bits per heavy atom. The molecule has 4 nitrogen and oxygen atoms in total. The number of ether oxygens (including phenoxy) is 1. The standard InChI is InChI=1S/C19H23BClNO3/c1-18(2)19(3,4)25-20(24-18)11-13-9-16(17(23-5)22-12-13)14-7-6-8-15(21)10-14/h6-10,12H,11H2,1-5H3. The van der Waals surface area contributed by atoms with Crippen LogP contribution in [0.3, 0.4) is 0 Å². The van der Waals surface area contributed by atoms with Crippen LogP contribution in [0.25, 0.3) is 11.1 Å². The second kappa shape index (κ2) is 6.63. The monoisotopic (exact) mass is 359 g/mol. The van der Waals surface area contributed by atoms with Gasteiger partial charge >= 0.3 is 7.12 Å². The molecule has 0 N–H and O–H groups in total. The lowest BCUT2D eigenvalue weighted by molar-refractivity contribution is 0.00578. The van der Waals surface area contributed by atoms with Gasteiger partial charge in [-0.3, -0.25) is 0 Å². The third-order valence-electron chi connectivity index (χ3n) is 4.94. The van der Waals surface area contributed by atoms with Crippen LogP contribution >= 0.6 is 11.6 Å². The number of benzene rings is 1. The predicted molar refractivity (Wildman–Crippen MR) is 101 cm³/mol. The zero-order valence-corrected chi connectivity index (χ0v) is 16.1. The quantitative estimate of drug-likeness (QED) is 0.749. The Morgan fingerprint density at radius 3 is 2.40 bits per heavy atom. The Labute approximate surface area is 154 Å². The Morgan fingerprint density at radius 2 is 1.80 bits per heavy atom. The van der Waals surface area contributed by atoms with Gasteiger partial charge < -0.3 is 14.0 Å². The largest absolute Gasteiger partial charge is 0.481 e. The lowest BCUT2D eigenvalue weighted by Gasteiger charge is -2.32. The van der Waals surface area contributed by atoms with E-state index in [0.29, 0.717) is 17.2 Å². The normalized spacial score (nSPS) is 18.4. The van der Waals surface area contributed by atoms with Crippen LogP contribution in [0.5, 0.6) is 5.88 Å². The van der Waals surface area contributed by atoms with Crippen molar-refractivity contribution in [3.8, 4) is 17.0 Å². The van der Waals surface area contributed by atoms with E-state index in [1.165, 1.54) is 0 Å². The first kappa shape index (κ1) is 18.2. The van der Waals surface area contributed by atoms with Crippen molar-refractivity contribution < 1.29 is 14.0 Å². The molecule has 0 radical (unpaired) electrons. The van der Waals surface area contributed by atoms with Gasteiger partial charge in [0.25, 0.3) is 0 Å². The summed E-state index contributed by atoms with van der Waals surface area (Å²) in [6.07, 6.45) is 2.43. The Kier molecular flexibility index (Phi) is 4.84. The summed E-state index contributed by atoms with van der Waals surface area (Å²) in [7, 11) is 1.32. The summed E-state index contributed by atoms with van der Waals surface area (Å²) in [6, 6.07) is 9.71. The minimum absolute atomic E-state index is 0.299. The van der Waals surface area contributed by atoms with Crippen molar-refractivity contribution in [3.05, 3.63) is 47.1 Å². The van der Waals surface area contributed by atoms with Crippen LogP contribution in [-0.2, 0) is 15.6 Å². The zero-order chi connectivity index (χ0) is 18.2. The van der Waals surface area contributed by atoms with E-state index in [1.807, 2.05) is 24.3 Å². The van der Waals surface area contributed by atoms with Crippen molar-refractivity contribution in [1.29, 1.82) is 0 Å². The number of aromatic nitrogens is 1. The van der Waals surface area contributed by atoms with Gasteiger partial charge in [0.2, 0.25) is 5.88 Å². The molecule has 0 spiro atoms. The third-order valence-corrected chi connectivity index (χ3v) is 5.18. The smallest absolute Gasteiger partial charge is 0.462 e. The molecular formula is C19H23BClNO3. The molecule has 1 aliphatic rings. The number of methoxy groups -OCH3 is 1. The van der Waals surface area contributed by atoms with E-state index >= 15 is 0 Å². The number of pyridine rings is 1. The van der Waals surface area contributed by atoms with Gasteiger partial charge in [0.1, 0.15) is 0 Å². The van der Waals surface area contributed by atoms with Crippen LogP contribution in [0.4, 0.5) is 0 Å². The van der Waals surface area contributed by atoms with Gasteiger partial charge in [-0.15, -0.1) is 0 Å². The van der Waals surface area contributed by atoms with E-state index in [2.05, 4.69) is 38.7 Å². The molecule has 2 heterocycles. The minimum Gasteiger partial charge on any atom is -0.481 e. The second-order valence-electron chi connectivity index (χ2n) is 7.30. The number of hydrogen-bond donors (Lipinski definition) is 0. The summed E-state index contributed by atoms with van der Waals surface area (Å²) < 4.78 is 17.6. The molecular weight excluding hydrogens is 336 g/mol. The molecule has 1 aromatic heterocycles. The van der Waals surface area contributed by atoms with Gasteiger partial charge in [0.05, 0.1) is 18.3 Å². The molecule has 0 atom stereocenters. The van der Waals surface area contributed by atoms with Crippen LogP contribution in [0.15, 0.2) is 36.5 Å². The van der Waals surface area contributed by atoms with E-state index in [-0.39, 0.29) is 18.3 Å². The van der Waals surface area contributed by atoms with Crippen molar-refractivity contribution in [2.24, 2.45) is 0 Å². The van der Waals surface area contributed by atoms with Crippen LogP contribution < -0.4 is 4.74 Å². The lowest BCUT2D eigenvalue weighted by Crippen LogP contribution is -2.41. The average molecular weight is 360 g/mol. The molecule has 1 saturated heterocycles. The summed E-state index contributed by atoms with van der Waals surface area (Å²) >= 11 is 6.13. The molecule has 1 fully saturated rings. The van der Waals surface area contributed by atoms with Crippen LogP contribution in [0, 0.1) is 0 Å². The van der Waals surface area contributed by atoms with Crippen LogP contribution in [0.1, 0.15) is 33.3 Å². The number of nitrogens with zero attached hydrogens (tertiary/aromatic N) is 1. The van der Waals surface area contributed by atoms with Crippen molar-refractivity contribution in [1.82, 2.24) is 4.98 Å². The molecule has 3 rings (SSSR count). The first-order valence-corrected chi connectivity index (χ1v) is 8.74. The Balaban J connectivity index is 1.88. The van der Waals surface area contributed by atoms with E-state index in [4.69, 9.17) is 25.6 Å². The van der Waals surface area contributed by atoms with E-state index < -0.39 is 0 Å². The molecule has 1 aromatic carbocycles. The van der Waals surface area contributed by atoms with E-state index in [0.717, 1.165) is 16.7 Å². The van der Waals surface area contributed by atoms with Gasteiger partial charge in [0.15, 0.2) is 0 Å². The first-order valence-electron chi connectivity index (χ1n) is 8.36. The Hall–Kier alpha value is -1.56. The van der Waals surface area contributed by atoms with Crippen molar-refractivity contribution in [2.45, 2.75) is 45.2 Å². The fourth-order valence-corrected chi connectivity index (χ4v) is 3.06. The molecule has 0 amide bonds. The van der Waals surface area contributed by atoms with Gasteiger partial charge in [-0.1, -0.05) is 23.7 Å². The zero-order valence-electron chi connectivity index (χ0n) is 15.3. The average Bonchev–Trinajstić information content (AvgIpc) is 2.74. The minimum atomic E-state index is -0.340. The SMILES string of the molecule is COc1ncc(CB2OC(C)(C)C(C)(C)O2)cc1-c1cccc(Cl)c1. The molecule has 25 heavy (non-hydrogen) atoms. The maximum atomic E-state index is 6.13. The van der Waals surface area contributed by atoms with Crippen molar-refractivity contribution in [3.63, 3.8) is 0 Å². The van der Waals surface area contributed by atoms with Gasteiger partial charge in [0, 0.05) is 23.1 Å². The van der Waals surface area contributed by atoms with Gasteiger partial charge in [-0.05, 0) is 57.0 Å². The number of rotatable bonds is 4. The Bertz CT molecular complexity index is 763. The molecule has 6 heteroatoms. The fraction of sp³-hybridized carbons (Fsp3) is 0.421. The highest BCUT2D eigenvalue weighted by molar-refractivity contribution is 6.45. The summed E-state index contributed by atoms with van der Waals surface area (Å²) in [4.78, 5) is 4.44. The topological polar surface area (TPSA) is 40.6 Å². The van der Waals surface area contributed by atoms with E-state index in [9.17, 15) is 0 Å². The second-order valence-corrected chi connectivity index (χ2v) is 7.74. The highest BCUT2D eigenvalue weighted by atomic mass is 35.5. The molecule has 0 unspecified atom stereocenters. The molecule has 2 aromatic rings. The molecule has 1 aliphatic heterocycles.